The van der Waals surface area contributed by atoms with E-state index in [1.165, 1.54) is 0 Å². The zero-order valence-corrected chi connectivity index (χ0v) is 9.62. The summed E-state index contributed by atoms with van der Waals surface area (Å²) in [5.41, 5.74) is 6.50. The van der Waals surface area contributed by atoms with Gasteiger partial charge in [-0.05, 0) is 18.2 Å². The van der Waals surface area contributed by atoms with Crippen LogP contribution in [0, 0.1) is 0 Å². The number of rotatable bonds is 4. The van der Waals surface area contributed by atoms with Gasteiger partial charge in [0.1, 0.15) is 5.75 Å². The fourth-order valence-electron chi connectivity index (χ4n) is 1.32. The van der Waals surface area contributed by atoms with Crippen molar-refractivity contribution >= 4 is 15.9 Å². The van der Waals surface area contributed by atoms with Crippen molar-refractivity contribution in [1.29, 1.82) is 0 Å². The Morgan fingerprint density at radius 3 is 2.79 bits per heavy atom. The summed E-state index contributed by atoms with van der Waals surface area (Å²) in [6.07, 6.45) is 0. The van der Waals surface area contributed by atoms with Gasteiger partial charge in [0.25, 0.3) is 0 Å². The van der Waals surface area contributed by atoms with Crippen LogP contribution in [0.5, 0.6) is 5.75 Å². The van der Waals surface area contributed by atoms with Gasteiger partial charge < -0.3 is 15.6 Å². The number of halogens is 1. The maximum atomic E-state index is 9.14. The largest absolute Gasteiger partial charge is 0.496 e. The monoisotopic (exact) mass is 259 g/mol. The van der Waals surface area contributed by atoms with Crippen LogP contribution in [0.15, 0.2) is 22.7 Å². The van der Waals surface area contributed by atoms with Crippen molar-refractivity contribution in [1.82, 2.24) is 0 Å². The number of aliphatic hydroxyl groups is 1. The van der Waals surface area contributed by atoms with E-state index in [4.69, 9.17) is 15.6 Å². The highest BCUT2D eigenvalue weighted by molar-refractivity contribution is 9.10. The Morgan fingerprint density at radius 2 is 2.29 bits per heavy atom. The maximum absolute atomic E-state index is 9.14. The Kier molecular flexibility index (Phi) is 4.38. The lowest BCUT2D eigenvalue weighted by atomic mass is 9.99. The van der Waals surface area contributed by atoms with Crippen LogP contribution < -0.4 is 10.5 Å². The lowest BCUT2D eigenvalue weighted by Crippen LogP contribution is -2.16. The minimum Gasteiger partial charge on any atom is -0.496 e. The van der Waals surface area contributed by atoms with E-state index >= 15 is 0 Å². The Labute approximate surface area is 92.0 Å². The summed E-state index contributed by atoms with van der Waals surface area (Å²) in [5.74, 6) is 0.695. The van der Waals surface area contributed by atoms with E-state index in [1.54, 1.807) is 7.11 Å². The van der Waals surface area contributed by atoms with E-state index in [0.717, 1.165) is 15.8 Å². The molecule has 3 N–H and O–H groups in total. The van der Waals surface area contributed by atoms with Gasteiger partial charge in [-0.25, -0.2) is 0 Å². The fourth-order valence-corrected chi connectivity index (χ4v) is 1.70. The predicted molar refractivity (Wildman–Crippen MR) is 59.6 cm³/mol. The average molecular weight is 260 g/mol. The summed E-state index contributed by atoms with van der Waals surface area (Å²) < 4.78 is 6.16. The maximum Gasteiger partial charge on any atom is 0.122 e. The van der Waals surface area contributed by atoms with Crippen LogP contribution in [0.25, 0.3) is 0 Å². The van der Waals surface area contributed by atoms with Gasteiger partial charge in [-0.3, -0.25) is 0 Å². The molecule has 0 saturated heterocycles. The number of aliphatic hydroxyl groups excluding tert-OH is 1. The highest BCUT2D eigenvalue weighted by Crippen LogP contribution is 2.28. The van der Waals surface area contributed by atoms with Crippen molar-refractivity contribution in [2.75, 3.05) is 20.3 Å². The van der Waals surface area contributed by atoms with Crippen molar-refractivity contribution in [3.05, 3.63) is 28.2 Å². The molecule has 0 heterocycles. The number of benzene rings is 1. The average Bonchev–Trinajstić information content (AvgIpc) is 2.20. The molecule has 0 aliphatic heterocycles. The van der Waals surface area contributed by atoms with E-state index in [1.807, 2.05) is 18.2 Å². The third-order valence-corrected chi connectivity index (χ3v) is 2.63. The zero-order chi connectivity index (χ0) is 10.6. The Balaban J connectivity index is 3.08. The SMILES string of the molecule is COc1ccc(Br)cc1C(CN)CO. The summed E-state index contributed by atoms with van der Waals surface area (Å²) in [4.78, 5) is 0. The minimum absolute atomic E-state index is 0.0311. The zero-order valence-electron chi connectivity index (χ0n) is 8.03. The van der Waals surface area contributed by atoms with Crippen molar-refractivity contribution in [3.63, 3.8) is 0 Å². The van der Waals surface area contributed by atoms with Crippen LogP contribution in [0.4, 0.5) is 0 Å². The van der Waals surface area contributed by atoms with Crippen LogP contribution in [-0.4, -0.2) is 25.4 Å². The van der Waals surface area contributed by atoms with Crippen molar-refractivity contribution in [2.24, 2.45) is 5.73 Å². The first-order chi connectivity index (χ1) is 6.72. The van der Waals surface area contributed by atoms with Gasteiger partial charge >= 0.3 is 0 Å². The number of hydrogen-bond acceptors (Lipinski definition) is 3. The van der Waals surface area contributed by atoms with Gasteiger partial charge in [0.15, 0.2) is 0 Å². The Morgan fingerprint density at radius 1 is 1.57 bits per heavy atom. The molecule has 1 atom stereocenters. The second kappa shape index (κ2) is 5.34. The third kappa shape index (κ3) is 2.47. The minimum atomic E-state index is -0.0672. The second-order valence-corrected chi connectivity index (χ2v) is 3.92. The fraction of sp³-hybridized carbons (Fsp3) is 0.400. The van der Waals surface area contributed by atoms with Gasteiger partial charge in [0.05, 0.1) is 13.7 Å². The molecule has 0 fully saturated rings. The van der Waals surface area contributed by atoms with Crippen LogP contribution >= 0.6 is 15.9 Å². The molecule has 0 aromatic heterocycles. The van der Waals surface area contributed by atoms with E-state index in [2.05, 4.69) is 15.9 Å². The molecule has 0 bridgehead atoms. The molecule has 1 rings (SSSR count). The molecule has 78 valence electrons. The first-order valence-corrected chi connectivity index (χ1v) is 5.16. The highest BCUT2D eigenvalue weighted by atomic mass is 79.9. The lowest BCUT2D eigenvalue weighted by Gasteiger charge is -2.16. The lowest BCUT2D eigenvalue weighted by molar-refractivity contribution is 0.264. The number of hydrogen-bond donors (Lipinski definition) is 2. The topological polar surface area (TPSA) is 55.5 Å². The van der Waals surface area contributed by atoms with E-state index in [-0.39, 0.29) is 12.5 Å². The van der Waals surface area contributed by atoms with Crippen molar-refractivity contribution in [3.8, 4) is 5.75 Å². The van der Waals surface area contributed by atoms with Crippen LogP contribution in [-0.2, 0) is 0 Å². The van der Waals surface area contributed by atoms with Gasteiger partial charge in [0.2, 0.25) is 0 Å². The van der Waals surface area contributed by atoms with Gasteiger partial charge in [-0.1, -0.05) is 15.9 Å². The summed E-state index contributed by atoms with van der Waals surface area (Å²) in [7, 11) is 1.61. The summed E-state index contributed by atoms with van der Waals surface area (Å²) in [6.45, 7) is 0.437. The first kappa shape index (κ1) is 11.5. The van der Waals surface area contributed by atoms with Gasteiger partial charge in [-0.15, -0.1) is 0 Å². The molecule has 1 unspecified atom stereocenters. The van der Waals surface area contributed by atoms with Crippen LogP contribution in [0.1, 0.15) is 11.5 Å². The third-order valence-electron chi connectivity index (χ3n) is 2.14. The quantitative estimate of drug-likeness (QED) is 0.862. The molecule has 0 aliphatic rings. The summed E-state index contributed by atoms with van der Waals surface area (Å²) in [5, 5.41) is 9.14. The molecule has 1 aromatic carbocycles. The van der Waals surface area contributed by atoms with Crippen LogP contribution in [0.2, 0.25) is 0 Å². The first-order valence-electron chi connectivity index (χ1n) is 4.37. The smallest absolute Gasteiger partial charge is 0.122 e. The van der Waals surface area contributed by atoms with Gasteiger partial charge in [-0.2, -0.15) is 0 Å². The standard InChI is InChI=1S/C10H14BrNO2/c1-14-10-3-2-8(11)4-9(10)7(5-12)6-13/h2-4,7,13H,5-6,12H2,1H3. The molecule has 1 aromatic rings. The van der Waals surface area contributed by atoms with Crippen LogP contribution in [0.3, 0.4) is 0 Å². The number of nitrogens with two attached hydrogens (primary N) is 1. The molecule has 0 radical (unpaired) electrons. The number of methoxy groups -OCH3 is 1. The molecule has 0 saturated carbocycles. The molecule has 3 nitrogen and oxygen atoms in total. The Hall–Kier alpha value is -0.580. The molecule has 0 aliphatic carbocycles. The Bertz CT molecular complexity index is 300. The normalized spacial score (nSPS) is 12.6. The van der Waals surface area contributed by atoms with Gasteiger partial charge in [0, 0.05) is 22.5 Å². The summed E-state index contributed by atoms with van der Waals surface area (Å²) in [6, 6.07) is 5.68. The molecule has 0 spiro atoms. The summed E-state index contributed by atoms with van der Waals surface area (Å²) >= 11 is 3.37. The molecule has 14 heavy (non-hydrogen) atoms. The van der Waals surface area contributed by atoms with Crippen molar-refractivity contribution in [2.45, 2.75) is 5.92 Å². The second-order valence-electron chi connectivity index (χ2n) is 3.00. The number of ether oxygens (including phenoxy) is 1. The highest BCUT2D eigenvalue weighted by Gasteiger charge is 2.13. The predicted octanol–water partition coefficient (Wildman–Crippen LogP) is 1.49. The molecule has 0 amide bonds. The molecule has 4 heteroatoms. The molecular weight excluding hydrogens is 246 g/mol. The van der Waals surface area contributed by atoms with E-state index in [0.29, 0.717) is 6.54 Å². The van der Waals surface area contributed by atoms with Crippen molar-refractivity contribution < 1.29 is 9.84 Å². The van der Waals surface area contributed by atoms with E-state index in [9.17, 15) is 0 Å². The molecular formula is C10H14BrNO2. The van der Waals surface area contributed by atoms with E-state index < -0.39 is 0 Å².